The molecule has 0 spiro atoms. The average Bonchev–Trinajstić information content (AvgIpc) is 2.28. The van der Waals surface area contributed by atoms with E-state index in [9.17, 15) is 0 Å². The molecular formula is C12H21BO. The standard InChI is InChI=1S/C12H21BO/c1-8-9(2)14-11-7-12(3,13)6-4-5-10(8)11/h10-11H,4-7,13H2,1-3H3. The van der Waals surface area contributed by atoms with Gasteiger partial charge in [0.2, 0.25) is 0 Å². The van der Waals surface area contributed by atoms with Crippen molar-refractivity contribution in [2.24, 2.45) is 5.92 Å². The number of rotatable bonds is 0. The van der Waals surface area contributed by atoms with Gasteiger partial charge in [-0.1, -0.05) is 25.1 Å². The molecule has 1 aliphatic carbocycles. The van der Waals surface area contributed by atoms with Crippen molar-refractivity contribution < 1.29 is 4.74 Å². The third kappa shape index (κ3) is 1.71. The summed E-state index contributed by atoms with van der Waals surface area (Å²) in [4.78, 5) is 0. The van der Waals surface area contributed by atoms with Crippen LogP contribution in [-0.2, 0) is 4.74 Å². The third-order valence-electron chi connectivity index (χ3n) is 4.01. The summed E-state index contributed by atoms with van der Waals surface area (Å²) in [6.45, 7) is 6.75. The highest BCUT2D eigenvalue weighted by Gasteiger charge is 2.38. The van der Waals surface area contributed by atoms with Crippen LogP contribution in [0.25, 0.3) is 0 Å². The van der Waals surface area contributed by atoms with E-state index in [1.165, 1.54) is 37.0 Å². The Morgan fingerprint density at radius 2 is 2.14 bits per heavy atom. The fourth-order valence-electron chi connectivity index (χ4n) is 2.98. The van der Waals surface area contributed by atoms with Gasteiger partial charge in [-0.2, -0.15) is 0 Å². The number of hydrogen-bond acceptors (Lipinski definition) is 1. The van der Waals surface area contributed by atoms with E-state index in [-0.39, 0.29) is 0 Å². The Kier molecular flexibility index (Phi) is 2.40. The van der Waals surface area contributed by atoms with Crippen LogP contribution in [-0.4, -0.2) is 14.0 Å². The summed E-state index contributed by atoms with van der Waals surface area (Å²) in [6, 6.07) is 0. The molecule has 0 aromatic heterocycles. The van der Waals surface area contributed by atoms with Crippen LogP contribution in [0.1, 0.15) is 46.5 Å². The molecule has 2 aliphatic rings. The van der Waals surface area contributed by atoms with Crippen LogP contribution in [0, 0.1) is 5.92 Å². The molecule has 0 aromatic rings. The van der Waals surface area contributed by atoms with Gasteiger partial charge in [-0.05, 0) is 32.3 Å². The summed E-state index contributed by atoms with van der Waals surface area (Å²) in [6.07, 6.45) is 5.76. The Morgan fingerprint density at radius 1 is 1.43 bits per heavy atom. The van der Waals surface area contributed by atoms with Crippen molar-refractivity contribution in [1.82, 2.24) is 0 Å². The Hall–Kier alpha value is -0.395. The highest BCUT2D eigenvalue weighted by Crippen LogP contribution is 2.46. The summed E-state index contributed by atoms with van der Waals surface area (Å²) < 4.78 is 5.97. The van der Waals surface area contributed by atoms with Crippen molar-refractivity contribution in [2.75, 3.05) is 0 Å². The van der Waals surface area contributed by atoms with Crippen LogP contribution in [0.2, 0.25) is 5.31 Å². The second kappa shape index (κ2) is 3.32. The molecular weight excluding hydrogens is 171 g/mol. The second-order valence-electron chi connectivity index (χ2n) is 5.76. The van der Waals surface area contributed by atoms with Crippen LogP contribution in [0.15, 0.2) is 11.3 Å². The highest BCUT2D eigenvalue weighted by atomic mass is 16.5. The minimum absolute atomic E-state index is 0.477. The van der Waals surface area contributed by atoms with Gasteiger partial charge in [0.05, 0.1) is 5.76 Å². The van der Waals surface area contributed by atoms with Crippen LogP contribution in [0.3, 0.4) is 0 Å². The molecule has 2 heteroatoms. The summed E-state index contributed by atoms with van der Waals surface area (Å²) >= 11 is 0. The molecule has 3 unspecified atom stereocenters. The van der Waals surface area contributed by atoms with Gasteiger partial charge < -0.3 is 4.74 Å². The van der Waals surface area contributed by atoms with E-state index < -0.39 is 0 Å². The first-order valence-corrected chi connectivity index (χ1v) is 5.84. The number of ether oxygens (including phenoxy) is 1. The van der Waals surface area contributed by atoms with Crippen molar-refractivity contribution in [3.05, 3.63) is 11.3 Å². The zero-order valence-electron chi connectivity index (χ0n) is 9.89. The maximum atomic E-state index is 5.97. The summed E-state index contributed by atoms with van der Waals surface area (Å²) in [5.41, 5.74) is 1.51. The fraction of sp³-hybridized carbons (Fsp3) is 0.833. The van der Waals surface area contributed by atoms with E-state index in [1.807, 2.05) is 0 Å². The molecule has 0 aromatic carbocycles. The second-order valence-corrected chi connectivity index (χ2v) is 5.76. The molecule has 0 amide bonds. The molecule has 1 nitrogen and oxygen atoms in total. The minimum Gasteiger partial charge on any atom is -0.495 e. The number of allylic oxidation sites excluding steroid dienone is 1. The van der Waals surface area contributed by atoms with Gasteiger partial charge in [0.1, 0.15) is 14.0 Å². The maximum Gasteiger partial charge on any atom is 0.109 e. The van der Waals surface area contributed by atoms with E-state index in [4.69, 9.17) is 4.74 Å². The van der Waals surface area contributed by atoms with Crippen molar-refractivity contribution >= 4 is 7.85 Å². The molecule has 1 aliphatic heterocycles. The van der Waals surface area contributed by atoms with Crippen molar-refractivity contribution in [3.8, 4) is 0 Å². The van der Waals surface area contributed by atoms with E-state index >= 15 is 0 Å². The van der Waals surface area contributed by atoms with Gasteiger partial charge in [0.15, 0.2) is 0 Å². The zero-order chi connectivity index (χ0) is 10.3. The van der Waals surface area contributed by atoms with E-state index in [1.54, 1.807) is 0 Å². The Bertz CT molecular complexity index is 267. The van der Waals surface area contributed by atoms with E-state index in [2.05, 4.69) is 28.6 Å². The monoisotopic (exact) mass is 192 g/mol. The maximum absolute atomic E-state index is 5.97. The lowest BCUT2D eigenvalue weighted by atomic mass is 9.65. The highest BCUT2D eigenvalue weighted by molar-refractivity contribution is 6.14. The van der Waals surface area contributed by atoms with Crippen LogP contribution < -0.4 is 0 Å². The SMILES string of the molecule is BC1(C)CCCC2C(C)=C(C)OC2C1. The third-order valence-corrected chi connectivity index (χ3v) is 4.01. The van der Waals surface area contributed by atoms with Gasteiger partial charge in [0.25, 0.3) is 0 Å². The van der Waals surface area contributed by atoms with Gasteiger partial charge in [-0.25, -0.2) is 0 Å². The Morgan fingerprint density at radius 3 is 2.86 bits per heavy atom. The van der Waals surface area contributed by atoms with Gasteiger partial charge >= 0.3 is 0 Å². The number of hydrogen-bond donors (Lipinski definition) is 0. The first-order chi connectivity index (χ1) is 6.49. The van der Waals surface area contributed by atoms with E-state index in [0.717, 1.165) is 5.92 Å². The minimum atomic E-state index is 0.477. The Labute approximate surface area is 88.3 Å². The summed E-state index contributed by atoms with van der Waals surface area (Å²) in [7, 11) is 2.38. The van der Waals surface area contributed by atoms with Crippen LogP contribution >= 0.6 is 0 Å². The first kappa shape index (κ1) is 10.1. The molecule has 78 valence electrons. The smallest absolute Gasteiger partial charge is 0.109 e. The topological polar surface area (TPSA) is 9.23 Å². The van der Waals surface area contributed by atoms with Crippen LogP contribution in [0.4, 0.5) is 0 Å². The lowest BCUT2D eigenvalue weighted by Gasteiger charge is -2.26. The summed E-state index contributed by atoms with van der Waals surface area (Å²) in [5.74, 6) is 1.91. The Balaban J connectivity index is 2.16. The fourth-order valence-corrected chi connectivity index (χ4v) is 2.98. The largest absolute Gasteiger partial charge is 0.495 e. The average molecular weight is 192 g/mol. The van der Waals surface area contributed by atoms with Gasteiger partial charge in [-0.3, -0.25) is 0 Å². The molecule has 0 radical (unpaired) electrons. The summed E-state index contributed by atoms with van der Waals surface area (Å²) in [5, 5.41) is 0.477. The molecule has 1 saturated carbocycles. The van der Waals surface area contributed by atoms with E-state index in [0.29, 0.717) is 11.4 Å². The lowest BCUT2D eigenvalue weighted by Crippen LogP contribution is -2.21. The molecule has 2 rings (SSSR count). The van der Waals surface area contributed by atoms with Crippen molar-refractivity contribution in [2.45, 2.75) is 57.9 Å². The molecule has 1 fully saturated rings. The normalized spacial score (nSPS) is 43.1. The van der Waals surface area contributed by atoms with Crippen LogP contribution in [0.5, 0.6) is 0 Å². The molecule has 14 heavy (non-hydrogen) atoms. The lowest BCUT2D eigenvalue weighted by molar-refractivity contribution is 0.0994. The molecule has 0 saturated heterocycles. The zero-order valence-corrected chi connectivity index (χ0v) is 9.89. The van der Waals surface area contributed by atoms with Gasteiger partial charge in [-0.15, -0.1) is 0 Å². The molecule has 0 N–H and O–H groups in total. The predicted molar refractivity (Wildman–Crippen MR) is 62.1 cm³/mol. The number of fused-ring (bicyclic) bond motifs is 1. The van der Waals surface area contributed by atoms with Gasteiger partial charge in [0, 0.05) is 5.92 Å². The van der Waals surface area contributed by atoms with Crippen molar-refractivity contribution in [3.63, 3.8) is 0 Å². The molecule has 1 heterocycles. The molecule has 3 atom stereocenters. The molecule has 0 bridgehead atoms. The van der Waals surface area contributed by atoms with Crippen molar-refractivity contribution in [1.29, 1.82) is 0 Å². The quantitative estimate of drug-likeness (QED) is 0.536. The predicted octanol–water partition coefficient (Wildman–Crippen LogP) is 2.68. The first-order valence-electron chi connectivity index (χ1n) is 5.84.